The van der Waals surface area contributed by atoms with E-state index in [0.717, 1.165) is 37.2 Å². The Morgan fingerprint density at radius 1 is 0.974 bits per heavy atom. The van der Waals surface area contributed by atoms with Crippen molar-refractivity contribution in [3.05, 3.63) is 94.5 Å². The predicted molar refractivity (Wildman–Crippen MR) is 160 cm³/mol. The van der Waals surface area contributed by atoms with E-state index in [4.69, 9.17) is 11.6 Å². The number of hydrogen-bond acceptors (Lipinski definition) is 6. The minimum absolute atomic E-state index is 0.0447. The van der Waals surface area contributed by atoms with Gasteiger partial charge in [-0.2, -0.15) is 10.6 Å². The topological polar surface area (TPSA) is 107 Å². The van der Waals surface area contributed by atoms with E-state index in [1.54, 1.807) is 12.1 Å². The molecule has 0 aliphatic carbocycles. The Hall–Kier alpha value is -2.82. The molecule has 0 saturated carbocycles. The molecule has 3 aromatic carbocycles. The van der Waals surface area contributed by atoms with E-state index in [9.17, 15) is 22.3 Å². The van der Waals surface area contributed by atoms with Gasteiger partial charge in [0, 0.05) is 35.1 Å². The fourth-order valence-corrected chi connectivity index (χ4v) is 9.26. The highest BCUT2D eigenvalue weighted by Crippen LogP contribution is 2.47. The summed E-state index contributed by atoms with van der Waals surface area (Å²) in [5.74, 6) is -0.899. The van der Waals surface area contributed by atoms with Crippen LogP contribution in [0, 0.1) is 0 Å². The van der Waals surface area contributed by atoms with E-state index in [0.29, 0.717) is 5.02 Å². The summed E-state index contributed by atoms with van der Waals surface area (Å²) in [5.41, 5.74) is 6.05. The second kappa shape index (κ2) is 11.3. The molecule has 206 valence electrons. The molecule has 2 aliphatic heterocycles. The maximum Gasteiger partial charge on any atom is 0.264 e. The van der Waals surface area contributed by atoms with Crippen LogP contribution in [0.2, 0.25) is 5.02 Å². The summed E-state index contributed by atoms with van der Waals surface area (Å²) in [6, 6.07) is 23.1. The lowest BCUT2D eigenvalue weighted by atomic mass is 9.95. The zero-order chi connectivity index (χ0) is 27.6. The molecule has 3 N–H and O–H groups in total. The highest BCUT2D eigenvalue weighted by Gasteiger charge is 2.38. The van der Waals surface area contributed by atoms with Gasteiger partial charge in [0.2, 0.25) is 10.0 Å². The number of benzene rings is 3. The lowest BCUT2D eigenvalue weighted by molar-refractivity contribution is 0.0981. The third-order valence-electron chi connectivity index (χ3n) is 7.27. The van der Waals surface area contributed by atoms with Crippen LogP contribution in [-0.4, -0.2) is 53.3 Å². The molecule has 5 rings (SSSR count). The molecule has 7 nitrogen and oxygen atoms in total. The Balaban J connectivity index is 1.20. The van der Waals surface area contributed by atoms with Crippen LogP contribution in [0.1, 0.15) is 35.2 Å². The SMILES string of the molecule is O=C(NS(=O)(=O)C1CCS(O)(O)C1)c1ccc(N2CCC(=Cc3ccccc3-c3ccc(Cl)cc3)CC2)cc1. The fourth-order valence-electron chi connectivity index (χ4n) is 5.06. The second-order valence-electron chi connectivity index (χ2n) is 9.99. The van der Waals surface area contributed by atoms with Gasteiger partial charge in [0.05, 0.1) is 11.0 Å². The van der Waals surface area contributed by atoms with Crippen molar-refractivity contribution >= 4 is 49.9 Å². The number of sulfonamides is 1. The monoisotopic (exact) mass is 586 g/mol. The molecule has 0 spiro atoms. The van der Waals surface area contributed by atoms with E-state index in [1.165, 1.54) is 16.7 Å². The smallest absolute Gasteiger partial charge is 0.264 e. The van der Waals surface area contributed by atoms with Crippen molar-refractivity contribution < 1.29 is 22.3 Å². The van der Waals surface area contributed by atoms with Crippen LogP contribution < -0.4 is 9.62 Å². The van der Waals surface area contributed by atoms with E-state index >= 15 is 0 Å². The van der Waals surface area contributed by atoms with Crippen molar-refractivity contribution in [3.63, 3.8) is 0 Å². The van der Waals surface area contributed by atoms with Gasteiger partial charge in [0.25, 0.3) is 5.91 Å². The molecule has 1 amide bonds. The van der Waals surface area contributed by atoms with E-state index in [1.807, 2.05) is 48.5 Å². The highest BCUT2D eigenvalue weighted by molar-refractivity contribution is 8.25. The zero-order valence-electron chi connectivity index (χ0n) is 21.3. The molecule has 0 aromatic heterocycles. The number of halogens is 1. The van der Waals surface area contributed by atoms with Gasteiger partial charge in [-0.15, -0.1) is 0 Å². The van der Waals surface area contributed by atoms with Crippen LogP contribution in [-0.2, 0) is 10.0 Å². The van der Waals surface area contributed by atoms with Gasteiger partial charge in [0.15, 0.2) is 0 Å². The summed E-state index contributed by atoms with van der Waals surface area (Å²) < 4.78 is 46.7. The van der Waals surface area contributed by atoms with Gasteiger partial charge in [-0.1, -0.05) is 59.6 Å². The first kappa shape index (κ1) is 27.7. The maximum absolute atomic E-state index is 12.6. The number of amides is 1. The molecule has 2 saturated heterocycles. The van der Waals surface area contributed by atoms with E-state index < -0.39 is 31.8 Å². The molecule has 2 fully saturated rings. The molecule has 1 unspecified atom stereocenters. The van der Waals surface area contributed by atoms with Crippen molar-refractivity contribution in [2.45, 2.75) is 24.5 Å². The van der Waals surface area contributed by atoms with Crippen LogP contribution in [0.25, 0.3) is 17.2 Å². The first-order valence-corrected chi connectivity index (χ1v) is 16.6. The lowest BCUT2D eigenvalue weighted by Gasteiger charge is -2.30. The average Bonchev–Trinajstić information content (AvgIpc) is 3.30. The van der Waals surface area contributed by atoms with Gasteiger partial charge in [0.1, 0.15) is 0 Å². The van der Waals surface area contributed by atoms with Crippen molar-refractivity contribution in [3.8, 4) is 11.1 Å². The molecular weight excluding hydrogens is 556 g/mol. The number of hydrogen-bond donors (Lipinski definition) is 3. The van der Waals surface area contributed by atoms with Crippen molar-refractivity contribution in [2.75, 3.05) is 29.5 Å². The number of carbonyl (C=O) groups is 1. The van der Waals surface area contributed by atoms with Crippen molar-refractivity contribution in [1.82, 2.24) is 4.72 Å². The fraction of sp³-hybridized carbons (Fsp3) is 0.276. The quantitative estimate of drug-likeness (QED) is 0.314. The van der Waals surface area contributed by atoms with Crippen LogP contribution in [0.15, 0.2) is 78.4 Å². The number of carbonyl (C=O) groups excluding carboxylic acids is 1. The van der Waals surface area contributed by atoms with E-state index in [-0.39, 0.29) is 23.5 Å². The maximum atomic E-state index is 12.6. The molecule has 39 heavy (non-hydrogen) atoms. The molecule has 3 aromatic rings. The second-order valence-corrected chi connectivity index (χ2v) is 14.7. The van der Waals surface area contributed by atoms with Crippen LogP contribution in [0.3, 0.4) is 0 Å². The molecule has 10 heteroatoms. The third kappa shape index (κ3) is 6.67. The van der Waals surface area contributed by atoms with Crippen LogP contribution in [0.4, 0.5) is 5.69 Å². The Kier molecular flexibility index (Phi) is 8.07. The average molecular weight is 587 g/mol. The number of nitrogens with one attached hydrogen (secondary N) is 1. The minimum Gasteiger partial charge on any atom is -0.371 e. The van der Waals surface area contributed by atoms with Crippen LogP contribution in [0.5, 0.6) is 0 Å². The first-order valence-electron chi connectivity index (χ1n) is 12.8. The standard InChI is InChI=1S/C29H31ClN2O5S2/c30-25-9-5-22(6-10-25)28-4-2-1-3-24(28)19-21-13-16-32(17-14-21)26-11-7-23(8-12-26)29(33)31-39(36,37)27-15-18-38(34,35)20-27/h1-12,19,27,34-35H,13-18,20H2,(H,31,33). The molecule has 0 bridgehead atoms. The highest BCUT2D eigenvalue weighted by atomic mass is 35.5. The Morgan fingerprint density at radius 2 is 1.64 bits per heavy atom. The van der Waals surface area contributed by atoms with Crippen LogP contribution >= 0.6 is 22.2 Å². The summed E-state index contributed by atoms with van der Waals surface area (Å²) in [4.78, 5) is 14.8. The first-order chi connectivity index (χ1) is 18.6. The van der Waals surface area contributed by atoms with E-state index in [2.05, 4.69) is 27.8 Å². The van der Waals surface area contributed by atoms with Gasteiger partial charge in [-0.25, -0.2) is 13.1 Å². The molecule has 1 atom stereocenters. The van der Waals surface area contributed by atoms with Gasteiger partial charge < -0.3 is 4.90 Å². The summed E-state index contributed by atoms with van der Waals surface area (Å²) in [6.07, 6.45) is 4.23. The summed E-state index contributed by atoms with van der Waals surface area (Å²) in [6.45, 7) is 1.67. The molecule has 0 radical (unpaired) electrons. The number of piperidine rings is 1. The van der Waals surface area contributed by atoms with Crippen molar-refractivity contribution in [2.24, 2.45) is 0 Å². The molecular formula is C29H31ClN2O5S2. The summed E-state index contributed by atoms with van der Waals surface area (Å²) in [7, 11) is -6.86. The largest absolute Gasteiger partial charge is 0.371 e. The predicted octanol–water partition coefficient (Wildman–Crippen LogP) is 6.27. The number of nitrogens with zero attached hydrogens (tertiary/aromatic N) is 1. The molecule has 2 aliphatic rings. The van der Waals surface area contributed by atoms with Crippen molar-refractivity contribution in [1.29, 1.82) is 0 Å². The number of rotatable bonds is 6. The van der Waals surface area contributed by atoms with Gasteiger partial charge in [-0.3, -0.25) is 13.9 Å². The lowest BCUT2D eigenvalue weighted by Crippen LogP contribution is -2.38. The molecule has 2 heterocycles. The third-order valence-corrected chi connectivity index (χ3v) is 11.3. The summed E-state index contributed by atoms with van der Waals surface area (Å²) >= 11 is 6.07. The Morgan fingerprint density at radius 3 is 2.28 bits per heavy atom. The minimum atomic E-state index is -3.99. The zero-order valence-corrected chi connectivity index (χ0v) is 23.7. The van der Waals surface area contributed by atoms with Gasteiger partial charge in [-0.05, 0) is 72.4 Å². The Labute approximate surface area is 235 Å². The number of anilines is 1. The normalized spacial score (nSPS) is 19.9. The Bertz CT molecular complexity index is 1480. The van der Waals surface area contributed by atoms with Gasteiger partial charge >= 0.3 is 0 Å². The summed E-state index contributed by atoms with van der Waals surface area (Å²) in [5, 5.41) is -0.258.